The number of aliphatic hydroxyl groups is 1. The van der Waals surface area contributed by atoms with Gasteiger partial charge in [-0.2, -0.15) is 0 Å². The molecule has 110 valence electrons. The Balaban J connectivity index is 2.30. The highest BCUT2D eigenvalue weighted by molar-refractivity contribution is 6.11. The maximum absolute atomic E-state index is 12.2. The Bertz CT molecular complexity index is 635. The monoisotopic (exact) mass is 288 g/mol. The summed E-state index contributed by atoms with van der Waals surface area (Å²) >= 11 is 0. The third-order valence-corrected chi connectivity index (χ3v) is 2.87. The number of carbonyl (C=O) groups is 1. The first-order valence-corrected chi connectivity index (χ1v) is 6.46. The van der Waals surface area contributed by atoms with E-state index >= 15 is 0 Å². The third-order valence-electron chi connectivity index (χ3n) is 2.87. The number of ether oxygens (including phenoxy) is 1. The fourth-order valence-electron chi connectivity index (χ4n) is 1.82. The zero-order valence-corrected chi connectivity index (χ0v) is 11.5. The second-order valence-corrected chi connectivity index (χ2v) is 4.66. The van der Waals surface area contributed by atoms with Crippen molar-refractivity contribution in [3.8, 4) is 17.2 Å². The summed E-state index contributed by atoms with van der Waals surface area (Å²) in [6, 6.07) is 11.2. The second kappa shape index (κ2) is 6.28. The van der Waals surface area contributed by atoms with Gasteiger partial charge in [-0.25, -0.2) is 0 Å². The van der Waals surface area contributed by atoms with Crippen molar-refractivity contribution in [2.75, 3.05) is 6.61 Å². The largest absolute Gasteiger partial charge is 0.504 e. The highest BCUT2D eigenvalue weighted by atomic mass is 16.5. The summed E-state index contributed by atoms with van der Waals surface area (Å²) in [5.41, 5.74) is 0.396. The molecule has 0 aliphatic heterocycles. The molecule has 5 nitrogen and oxygen atoms in total. The summed E-state index contributed by atoms with van der Waals surface area (Å²) in [5.74, 6) is -1.44. The normalized spacial score (nSPS) is 11.9. The zero-order valence-electron chi connectivity index (χ0n) is 11.5. The molecule has 1 unspecified atom stereocenters. The Morgan fingerprint density at radius 2 is 1.76 bits per heavy atom. The molecule has 0 saturated carbocycles. The number of carbonyl (C=O) groups excluding carboxylic acids is 1. The van der Waals surface area contributed by atoms with Crippen LogP contribution in [0.15, 0.2) is 42.5 Å². The van der Waals surface area contributed by atoms with Crippen LogP contribution >= 0.6 is 0 Å². The maximum Gasteiger partial charge on any atom is 0.201 e. The molecule has 0 fully saturated rings. The number of phenols is 2. The number of aromatic hydroxyl groups is 2. The number of phenolic OH excluding ortho intramolecular Hbond substituents is 2. The van der Waals surface area contributed by atoms with E-state index in [4.69, 9.17) is 9.84 Å². The van der Waals surface area contributed by atoms with Crippen LogP contribution in [0.5, 0.6) is 17.2 Å². The Hall–Kier alpha value is -2.53. The Kier molecular flexibility index (Phi) is 4.45. The molecule has 0 aromatic heterocycles. The average molecular weight is 288 g/mol. The first kappa shape index (κ1) is 14.9. The smallest absolute Gasteiger partial charge is 0.201 e. The summed E-state index contributed by atoms with van der Waals surface area (Å²) in [6.45, 7) is 1.50. The minimum Gasteiger partial charge on any atom is -0.504 e. The Labute approximate surface area is 122 Å². The van der Waals surface area contributed by atoms with Crippen molar-refractivity contribution in [2.24, 2.45) is 0 Å². The molecule has 1 atom stereocenters. The molecule has 0 aliphatic rings. The second-order valence-electron chi connectivity index (χ2n) is 4.66. The molecule has 2 aromatic carbocycles. The summed E-state index contributed by atoms with van der Waals surface area (Å²) < 4.78 is 5.15. The van der Waals surface area contributed by atoms with Crippen LogP contribution in [0.3, 0.4) is 0 Å². The van der Waals surface area contributed by atoms with E-state index < -0.39 is 23.4 Å². The van der Waals surface area contributed by atoms with Crippen molar-refractivity contribution >= 4 is 5.78 Å². The Morgan fingerprint density at radius 3 is 2.38 bits per heavy atom. The van der Waals surface area contributed by atoms with Gasteiger partial charge in [0.2, 0.25) is 5.75 Å². The molecule has 5 heteroatoms. The van der Waals surface area contributed by atoms with E-state index in [1.807, 2.05) is 0 Å². The molecule has 21 heavy (non-hydrogen) atoms. The molecule has 0 radical (unpaired) electrons. The highest BCUT2D eigenvalue weighted by Gasteiger charge is 2.19. The van der Waals surface area contributed by atoms with Gasteiger partial charge in [0.25, 0.3) is 0 Å². The third kappa shape index (κ3) is 3.32. The maximum atomic E-state index is 12.2. The molecular formula is C16H16O5. The lowest BCUT2D eigenvalue weighted by Crippen LogP contribution is -2.13. The lowest BCUT2D eigenvalue weighted by molar-refractivity contribution is 0.103. The van der Waals surface area contributed by atoms with Crippen LogP contribution in [0.4, 0.5) is 0 Å². The quantitative estimate of drug-likeness (QED) is 0.579. The summed E-state index contributed by atoms with van der Waals surface area (Å²) in [5, 5.41) is 29.0. The highest BCUT2D eigenvalue weighted by Crippen LogP contribution is 2.38. The van der Waals surface area contributed by atoms with Crippen LogP contribution in [0.25, 0.3) is 0 Å². The number of ketones is 1. The molecule has 0 amide bonds. The fraction of sp³-hybridized carbons (Fsp3) is 0.188. The van der Waals surface area contributed by atoms with Crippen molar-refractivity contribution in [1.82, 2.24) is 0 Å². The lowest BCUT2D eigenvalue weighted by Gasteiger charge is -2.12. The van der Waals surface area contributed by atoms with E-state index in [0.29, 0.717) is 5.56 Å². The van der Waals surface area contributed by atoms with Crippen molar-refractivity contribution in [1.29, 1.82) is 0 Å². The van der Waals surface area contributed by atoms with Crippen LogP contribution in [-0.2, 0) is 0 Å². The van der Waals surface area contributed by atoms with E-state index in [1.54, 1.807) is 30.3 Å². The molecule has 0 heterocycles. The van der Waals surface area contributed by atoms with Gasteiger partial charge < -0.3 is 20.1 Å². The van der Waals surface area contributed by atoms with Crippen molar-refractivity contribution in [2.45, 2.75) is 13.0 Å². The van der Waals surface area contributed by atoms with E-state index in [2.05, 4.69) is 0 Å². The zero-order chi connectivity index (χ0) is 15.4. The van der Waals surface area contributed by atoms with Gasteiger partial charge in [-0.05, 0) is 19.1 Å². The van der Waals surface area contributed by atoms with Crippen molar-refractivity contribution in [3.63, 3.8) is 0 Å². The van der Waals surface area contributed by atoms with Gasteiger partial charge in [-0.1, -0.05) is 30.3 Å². The molecule has 0 bridgehead atoms. The predicted octanol–water partition coefficient (Wildman–Crippen LogP) is 2.09. The fourth-order valence-corrected chi connectivity index (χ4v) is 1.82. The number of rotatable bonds is 5. The van der Waals surface area contributed by atoms with Gasteiger partial charge in [0.1, 0.15) is 6.61 Å². The number of benzene rings is 2. The lowest BCUT2D eigenvalue weighted by atomic mass is 10.0. The van der Waals surface area contributed by atoms with Gasteiger partial charge in [-0.3, -0.25) is 4.79 Å². The number of hydrogen-bond donors (Lipinski definition) is 3. The van der Waals surface area contributed by atoms with E-state index in [1.165, 1.54) is 19.1 Å². The first-order chi connectivity index (χ1) is 10.0. The van der Waals surface area contributed by atoms with Crippen LogP contribution in [-0.4, -0.2) is 33.8 Å². The van der Waals surface area contributed by atoms with E-state index in [9.17, 15) is 15.0 Å². The topological polar surface area (TPSA) is 87.0 Å². The van der Waals surface area contributed by atoms with Crippen LogP contribution in [0.2, 0.25) is 0 Å². The predicted molar refractivity (Wildman–Crippen MR) is 76.8 cm³/mol. The summed E-state index contributed by atoms with van der Waals surface area (Å²) in [6.07, 6.45) is -0.711. The van der Waals surface area contributed by atoms with Crippen LogP contribution in [0.1, 0.15) is 22.8 Å². The molecular weight excluding hydrogens is 272 g/mol. The summed E-state index contributed by atoms with van der Waals surface area (Å²) in [4.78, 5) is 12.2. The Morgan fingerprint density at radius 1 is 1.10 bits per heavy atom. The molecule has 0 aliphatic carbocycles. The number of hydrogen-bond acceptors (Lipinski definition) is 5. The SMILES string of the molecule is CC(O)COc1ccc(C(=O)c2ccccc2)c(O)c1O. The van der Waals surface area contributed by atoms with Gasteiger partial charge in [0.05, 0.1) is 11.7 Å². The van der Waals surface area contributed by atoms with E-state index in [0.717, 1.165) is 0 Å². The standard InChI is InChI=1S/C16H16O5/c1-10(17)9-21-13-8-7-12(15(19)16(13)20)14(18)11-5-3-2-4-6-11/h2-8,10,17,19-20H,9H2,1H3. The van der Waals surface area contributed by atoms with Crippen LogP contribution in [0, 0.1) is 0 Å². The summed E-state index contributed by atoms with van der Waals surface area (Å²) in [7, 11) is 0. The molecule has 2 aromatic rings. The van der Waals surface area contributed by atoms with Gasteiger partial charge in [-0.15, -0.1) is 0 Å². The van der Waals surface area contributed by atoms with Gasteiger partial charge >= 0.3 is 0 Å². The van der Waals surface area contributed by atoms with E-state index in [-0.39, 0.29) is 17.9 Å². The van der Waals surface area contributed by atoms with Crippen molar-refractivity contribution in [3.05, 3.63) is 53.6 Å². The van der Waals surface area contributed by atoms with Crippen LogP contribution < -0.4 is 4.74 Å². The van der Waals surface area contributed by atoms with Gasteiger partial charge in [0.15, 0.2) is 17.3 Å². The molecule has 0 saturated heterocycles. The molecule has 2 rings (SSSR count). The minimum absolute atomic E-state index is 0.0110. The number of aliphatic hydroxyl groups excluding tert-OH is 1. The van der Waals surface area contributed by atoms with Crippen molar-refractivity contribution < 1.29 is 24.9 Å². The first-order valence-electron chi connectivity index (χ1n) is 6.46. The molecule has 0 spiro atoms. The average Bonchev–Trinajstić information content (AvgIpc) is 2.49. The minimum atomic E-state index is -0.711. The van der Waals surface area contributed by atoms with Gasteiger partial charge in [0, 0.05) is 5.56 Å². The molecule has 3 N–H and O–H groups in total.